The van der Waals surface area contributed by atoms with E-state index in [4.69, 9.17) is 9.72 Å². The van der Waals surface area contributed by atoms with E-state index in [1.807, 2.05) is 41.3 Å². The standard InChI is InChI=1S/C22H25N3O2S/c1-24-13-6-8-17(24)12-14-25(21(26)16-7-5-9-18(15-16)27-2)22-23-19-10-3-4-11-20(19)28-22/h3-5,7,9-11,15,17H,6,8,12-14H2,1-2H3/t17-/m0/s1. The largest absolute Gasteiger partial charge is 0.497 e. The number of methoxy groups -OCH3 is 1. The molecule has 1 amide bonds. The first kappa shape index (κ1) is 18.9. The second-order valence-corrected chi connectivity index (χ2v) is 8.23. The van der Waals surface area contributed by atoms with Crippen molar-refractivity contribution >= 4 is 32.6 Å². The molecule has 0 bridgehead atoms. The Kier molecular flexibility index (Phi) is 5.59. The Morgan fingerprint density at radius 2 is 2.14 bits per heavy atom. The number of ether oxygens (including phenoxy) is 1. The van der Waals surface area contributed by atoms with Crippen LogP contribution in [0.4, 0.5) is 5.13 Å². The first-order chi connectivity index (χ1) is 13.7. The molecule has 0 N–H and O–H groups in total. The average molecular weight is 396 g/mol. The van der Waals surface area contributed by atoms with Gasteiger partial charge in [0.1, 0.15) is 5.75 Å². The fourth-order valence-corrected chi connectivity index (χ4v) is 4.78. The van der Waals surface area contributed by atoms with Crippen LogP contribution in [0.3, 0.4) is 0 Å². The van der Waals surface area contributed by atoms with Crippen molar-refractivity contribution < 1.29 is 9.53 Å². The van der Waals surface area contributed by atoms with E-state index >= 15 is 0 Å². The summed E-state index contributed by atoms with van der Waals surface area (Å²) in [6, 6.07) is 15.9. The Hall–Kier alpha value is -2.44. The maximum Gasteiger partial charge on any atom is 0.260 e. The van der Waals surface area contributed by atoms with E-state index < -0.39 is 0 Å². The van der Waals surface area contributed by atoms with Crippen LogP contribution in [0.2, 0.25) is 0 Å². The molecule has 0 aliphatic carbocycles. The third-order valence-corrected chi connectivity index (χ3v) is 6.49. The van der Waals surface area contributed by atoms with Crippen LogP contribution < -0.4 is 9.64 Å². The van der Waals surface area contributed by atoms with E-state index in [2.05, 4.69) is 18.0 Å². The van der Waals surface area contributed by atoms with Gasteiger partial charge in [-0.2, -0.15) is 0 Å². The molecule has 6 heteroatoms. The van der Waals surface area contributed by atoms with E-state index in [0.717, 1.165) is 28.3 Å². The van der Waals surface area contributed by atoms with Crippen LogP contribution in [0.1, 0.15) is 29.6 Å². The van der Waals surface area contributed by atoms with Gasteiger partial charge in [0.2, 0.25) is 0 Å². The van der Waals surface area contributed by atoms with E-state index in [0.29, 0.717) is 23.9 Å². The Labute approximate surface area is 169 Å². The van der Waals surface area contributed by atoms with Crippen molar-refractivity contribution in [3.63, 3.8) is 0 Å². The van der Waals surface area contributed by atoms with Gasteiger partial charge in [0.15, 0.2) is 5.13 Å². The molecule has 1 aromatic heterocycles. The first-order valence-corrected chi connectivity index (χ1v) is 10.5. The third kappa shape index (κ3) is 3.88. The molecule has 2 aromatic carbocycles. The maximum atomic E-state index is 13.4. The van der Waals surface area contributed by atoms with Crippen LogP contribution in [-0.4, -0.2) is 49.1 Å². The van der Waals surface area contributed by atoms with E-state index in [-0.39, 0.29) is 5.91 Å². The molecule has 1 atom stereocenters. The smallest absolute Gasteiger partial charge is 0.260 e. The maximum absolute atomic E-state index is 13.4. The van der Waals surface area contributed by atoms with Gasteiger partial charge in [-0.15, -0.1) is 0 Å². The highest BCUT2D eigenvalue weighted by Gasteiger charge is 2.26. The topological polar surface area (TPSA) is 45.7 Å². The van der Waals surface area contributed by atoms with E-state index in [1.54, 1.807) is 24.5 Å². The van der Waals surface area contributed by atoms with Crippen LogP contribution in [-0.2, 0) is 0 Å². The van der Waals surface area contributed by atoms with Crippen molar-refractivity contribution in [2.45, 2.75) is 25.3 Å². The minimum atomic E-state index is -0.0291. The Morgan fingerprint density at radius 1 is 1.29 bits per heavy atom. The van der Waals surface area contributed by atoms with Gasteiger partial charge in [0, 0.05) is 18.2 Å². The molecule has 1 aliphatic heterocycles. The SMILES string of the molecule is COc1cccc(C(=O)N(CC[C@@H]2CCCN2C)c2nc3ccccc3s2)c1. The minimum absolute atomic E-state index is 0.0291. The summed E-state index contributed by atoms with van der Waals surface area (Å²) in [5.41, 5.74) is 1.56. The highest BCUT2D eigenvalue weighted by Crippen LogP contribution is 2.31. The molecule has 0 saturated carbocycles. The molecule has 1 aliphatic rings. The lowest BCUT2D eigenvalue weighted by Crippen LogP contribution is -2.36. The fourth-order valence-electron chi connectivity index (χ4n) is 3.79. The number of para-hydroxylation sites is 1. The van der Waals surface area contributed by atoms with Gasteiger partial charge in [0.05, 0.1) is 17.3 Å². The number of nitrogens with zero attached hydrogens (tertiary/aromatic N) is 3. The molecular weight excluding hydrogens is 370 g/mol. The zero-order valence-electron chi connectivity index (χ0n) is 16.3. The molecule has 146 valence electrons. The van der Waals surface area contributed by atoms with Crippen molar-refractivity contribution in [3.8, 4) is 5.75 Å². The van der Waals surface area contributed by atoms with Gasteiger partial charge < -0.3 is 9.64 Å². The normalized spacial score (nSPS) is 17.1. The number of thiazole rings is 1. The fraction of sp³-hybridized carbons (Fsp3) is 0.364. The summed E-state index contributed by atoms with van der Waals surface area (Å²) in [7, 11) is 3.79. The number of anilines is 1. The summed E-state index contributed by atoms with van der Waals surface area (Å²) in [5, 5.41) is 0.759. The number of rotatable bonds is 6. The second kappa shape index (κ2) is 8.29. The number of fused-ring (bicyclic) bond motifs is 1. The predicted octanol–water partition coefficient (Wildman–Crippen LogP) is 4.44. The van der Waals surface area contributed by atoms with Crippen molar-refractivity contribution in [2.75, 3.05) is 32.1 Å². The van der Waals surface area contributed by atoms with Gasteiger partial charge in [-0.1, -0.05) is 29.5 Å². The zero-order valence-corrected chi connectivity index (χ0v) is 17.1. The average Bonchev–Trinajstić information content (AvgIpc) is 3.34. The summed E-state index contributed by atoms with van der Waals surface area (Å²) >= 11 is 1.57. The van der Waals surface area contributed by atoms with Crippen LogP contribution in [0.25, 0.3) is 10.2 Å². The molecule has 1 fully saturated rings. The molecule has 0 spiro atoms. The van der Waals surface area contributed by atoms with Gasteiger partial charge in [-0.25, -0.2) is 4.98 Å². The lowest BCUT2D eigenvalue weighted by atomic mass is 10.1. The predicted molar refractivity (Wildman–Crippen MR) is 115 cm³/mol. The van der Waals surface area contributed by atoms with Gasteiger partial charge in [0.25, 0.3) is 5.91 Å². The van der Waals surface area contributed by atoms with Crippen LogP contribution in [0.15, 0.2) is 48.5 Å². The summed E-state index contributed by atoms with van der Waals surface area (Å²) in [6.45, 7) is 1.79. The monoisotopic (exact) mass is 395 g/mol. The van der Waals surface area contributed by atoms with Gasteiger partial charge in [-0.3, -0.25) is 9.69 Å². The van der Waals surface area contributed by atoms with Crippen LogP contribution in [0.5, 0.6) is 5.75 Å². The number of likely N-dealkylation sites (tertiary alicyclic amines) is 1. The molecule has 1 saturated heterocycles. The molecular formula is C22H25N3O2S. The summed E-state index contributed by atoms with van der Waals surface area (Å²) < 4.78 is 6.40. The van der Waals surface area contributed by atoms with Crippen molar-refractivity contribution in [2.24, 2.45) is 0 Å². The van der Waals surface area contributed by atoms with Crippen LogP contribution in [0, 0.1) is 0 Å². The number of aromatic nitrogens is 1. The van der Waals surface area contributed by atoms with Crippen molar-refractivity contribution in [1.29, 1.82) is 0 Å². The molecule has 3 aromatic rings. The molecule has 4 rings (SSSR count). The summed E-state index contributed by atoms with van der Waals surface area (Å²) in [5.74, 6) is 0.657. The number of carbonyl (C=O) groups excluding carboxylic acids is 1. The molecule has 0 unspecified atom stereocenters. The summed E-state index contributed by atoms with van der Waals surface area (Å²) in [4.78, 5) is 22.4. The summed E-state index contributed by atoms with van der Waals surface area (Å²) in [6.07, 6.45) is 3.37. The quantitative estimate of drug-likeness (QED) is 0.619. The highest BCUT2D eigenvalue weighted by atomic mass is 32.1. The highest BCUT2D eigenvalue weighted by molar-refractivity contribution is 7.22. The zero-order chi connectivity index (χ0) is 19.5. The minimum Gasteiger partial charge on any atom is -0.497 e. The number of hydrogen-bond donors (Lipinski definition) is 0. The van der Waals surface area contributed by atoms with E-state index in [1.165, 1.54) is 12.8 Å². The van der Waals surface area contributed by atoms with Crippen molar-refractivity contribution in [3.05, 3.63) is 54.1 Å². The van der Waals surface area contributed by atoms with E-state index in [9.17, 15) is 4.79 Å². The van der Waals surface area contributed by atoms with Gasteiger partial charge >= 0.3 is 0 Å². The number of benzene rings is 2. The lowest BCUT2D eigenvalue weighted by molar-refractivity contribution is 0.0984. The Morgan fingerprint density at radius 3 is 2.89 bits per heavy atom. The lowest BCUT2D eigenvalue weighted by Gasteiger charge is -2.25. The first-order valence-electron chi connectivity index (χ1n) is 9.67. The number of carbonyl (C=O) groups is 1. The Bertz CT molecular complexity index is 938. The third-order valence-electron chi connectivity index (χ3n) is 5.43. The molecule has 2 heterocycles. The van der Waals surface area contributed by atoms with Crippen LogP contribution >= 0.6 is 11.3 Å². The second-order valence-electron chi connectivity index (χ2n) is 7.22. The Balaban J connectivity index is 1.64. The van der Waals surface area contributed by atoms with Crippen molar-refractivity contribution in [1.82, 2.24) is 9.88 Å². The molecule has 0 radical (unpaired) electrons. The molecule has 28 heavy (non-hydrogen) atoms. The van der Waals surface area contributed by atoms with Gasteiger partial charge in [-0.05, 0) is 63.2 Å². The number of amides is 1. The number of hydrogen-bond acceptors (Lipinski definition) is 5. The molecule has 5 nitrogen and oxygen atoms in total.